The lowest BCUT2D eigenvalue weighted by Crippen LogP contribution is -2.45. The molecule has 106 valence electrons. The molecule has 7 nitrogen and oxygen atoms in total. The summed E-state index contributed by atoms with van der Waals surface area (Å²) in [6.45, 7) is 5.50. The number of carbonyl (C=O) groups excluding carboxylic acids is 1. The van der Waals surface area contributed by atoms with Gasteiger partial charge in [0.1, 0.15) is 5.01 Å². The second kappa shape index (κ2) is 6.46. The summed E-state index contributed by atoms with van der Waals surface area (Å²) in [5, 5.41) is 22.9. The molecule has 1 aromatic rings. The molecule has 0 aliphatic carbocycles. The van der Waals surface area contributed by atoms with Gasteiger partial charge in [-0.25, -0.2) is 4.79 Å². The highest BCUT2D eigenvalue weighted by Gasteiger charge is 2.22. The van der Waals surface area contributed by atoms with Crippen LogP contribution in [0.15, 0.2) is 0 Å². The van der Waals surface area contributed by atoms with Gasteiger partial charge in [0.15, 0.2) is 0 Å². The number of carbonyl (C=O) groups is 2. The standard InChI is InChI=1S/C11H18N4O3S/c1-4-7-14-15-10(19-7)12-9(18)13-11(2,3)6-5-8(16)17/h4-6H2,1-3H3,(H,16,17)(H2,12,13,15,18). The Morgan fingerprint density at radius 3 is 2.58 bits per heavy atom. The minimum Gasteiger partial charge on any atom is -0.481 e. The fourth-order valence-corrected chi connectivity index (χ4v) is 2.04. The molecule has 0 aliphatic heterocycles. The van der Waals surface area contributed by atoms with Crippen molar-refractivity contribution in [1.82, 2.24) is 15.5 Å². The van der Waals surface area contributed by atoms with Crippen molar-refractivity contribution in [3.8, 4) is 0 Å². The number of carboxylic acid groups (broad SMARTS) is 1. The molecule has 0 bridgehead atoms. The normalized spacial score (nSPS) is 11.1. The van der Waals surface area contributed by atoms with Gasteiger partial charge in [-0.05, 0) is 26.7 Å². The van der Waals surface area contributed by atoms with Crippen molar-refractivity contribution < 1.29 is 14.7 Å². The zero-order valence-electron chi connectivity index (χ0n) is 11.2. The molecule has 19 heavy (non-hydrogen) atoms. The van der Waals surface area contributed by atoms with E-state index in [4.69, 9.17) is 5.11 Å². The highest BCUT2D eigenvalue weighted by atomic mass is 32.1. The molecule has 1 aromatic heterocycles. The van der Waals surface area contributed by atoms with E-state index in [1.165, 1.54) is 11.3 Å². The summed E-state index contributed by atoms with van der Waals surface area (Å²) in [6.07, 6.45) is 1.13. The Labute approximate surface area is 115 Å². The van der Waals surface area contributed by atoms with E-state index < -0.39 is 17.5 Å². The van der Waals surface area contributed by atoms with Gasteiger partial charge in [0.2, 0.25) is 5.13 Å². The van der Waals surface area contributed by atoms with Crippen LogP contribution in [0, 0.1) is 0 Å². The van der Waals surface area contributed by atoms with Crippen molar-refractivity contribution in [3.05, 3.63) is 5.01 Å². The van der Waals surface area contributed by atoms with Crippen LogP contribution in [-0.4, -0.2) is 32.8 Å². The van der Waals surface area contributed by atoms with E-state index in [0.29, 0.717) is 11.6 Å². The molecule has 0 saturated heterocycles. The number of nitrogens with zero attached hydrogens (tertiary/aromatic N) is 2. The Hall–Kier alpha value is -1.70. The van der Waals surface area contributed by atoms with Gasteiger partial charge >= 0.3 is 12.0 Å². The maximum Gasteiger partial charge on any atom is 0.321 e. The van der Waals surface area contributed by atoms with Gasteiger partial charge in [-0.2, -0.15) is 0 Å². The minimum absolute atomic E-state index is 0.00602. The zero-order chi connectivity index (χ0) is 14.5. The topological polar surface area (TPSA) is 104 Å². The largest absolute Gasteiger partial charge is 0.481 e. The summed E-state index contributed by atoms with van der Waals surface area (Å²) in [7, 11) is 0. The van der Waals surface area contributed by atoms with Crippen LogP contribution in [0.2, 0.25) is 0 Å². The van der Waals surface area contributed by atoms with E-state index in [2.05, 4.69) is 20.8 Å². The molecule has 0 aliphatic rings. The van der Waals surface area contributed by atoms with E-state index in [1.54, 1.807) is 13.8 Å². The fraction of sp³-hybridized carbons (Fsp3) is 0.636. The van der Waals surface area contributed by atoms with Crippen molar-refractivity contribution in [2.75, 3.05) is 5.32 Å². The van der Waals surface area contributed by atoms with Crippen molar-refractivity contribution in [2.24, 2.45) is 0 Å². The quantitative estimate of drug-likeness (QED) is 0.740. The highest BCUT2D eigenvalue weighted by molar-refractivity contribution is 7.15. The van der Waals surface area contributed by atoms with Crippen LogP contribution < -0.4 is 10.6 Å². The second-order valence-electron chi connectivity index (χ2n) is 4.71. The van der Waals surface area contributed by atoms with Gasteiger partial charge < -0.3 is 10.4 Å². The zero-order valence-corrected chi connectivity index (χ0v) is 12.0. The van der Waals surface area contributed by atoms with Gasteiger partial charge in [-0.15, -0.1) is 10.2 Å². The number of aryl methyl sites for hydroxylation is 1. The van der Waals surface area contributed by atoms with Crippen LogP contribution in [0.4, 0.5) is 9.93 Å². The Kier molecular flexibility index (Phi) is 5.22. The number of aromatic nitrogens is 2. The predicted octanol–water partition coefficient (Wildman–Crippen LogP) is 1.87. The third-order valence-corrected chi connectivity index (χ3v) is 3.39. The summed E-state index contributed by atoms with van der Waals surface area (Å²) in [4.78, 5) is 22.3. The molecular formula is C11H18N4O3S. The molecule has 0 radical (unpaired) electrons. The summed E-state index contributed by atoms with van der Waals surface area (Å²) < 4.78 is 0. The number of urea groups is 1. The average molecular weight is 286 g/mol. The first-order chi connectivity index (χ1) is 8.82. The maximum absolute atomic E-state index is 11.7. The third kappa shape index (κ3) is 5.64. The van der Waals surface area contributed by atoms with E-state index in [-0.39, 0.29) is 6.42 Å². The van der Waals surface area contributed by atoms with Crippen molar-refractivity contribution in [1.29, 1.82) is 0 Å². The Bertz CT molecular complexity index is 459. The molecule has 1 rings (SSSR count). The molecule has 0 saturated carbocycles. The van der Waals surface area contributed by atoms with Crippen LogP contribution in [-0.2, 0) is 11.2 Å². The Morgan fingerprint density at radius 2 is 2.05 bits per heavy atom. The van der Waals surface area contributed by atoms with E-state index in [0.717, 1.165) is 11.4 Å². The molecule has 1 heterocycles. The first-order valence-electron chi connectivity index (χ1n) is 5.96. The number of anilines is 1. The number of hydrogen-bond donors (Lipinski definition) is 3. The number of rotatable bonds is 6. The van der Waals surface area contributed by atoms with Gasteiger partial charge in [0.05, 0.1) is 0 Å². The van der Waals surface area contributed by atoms with Gasteiger partial charge in [0.25, 0.3) is 0 Å². The lowest BCUT2D eigenvalue weighted by molar-refractivity contribution is -0.137. The van der Waals surface area contributed by atoms with Crippen molar-refractivity contribution in [3.63, 3.8) is 0 Å². The lowest BCUT2D eigenvalue weighted by Gasteiger charge is -2.25. The molecule has 0 atom stereocenters. The summed E-state index contributed by atoms with van der Waals surface area (Å²) in [5.41, 5.74) is -0.596. The summed E-state index contributed by atoms with van der Waals surface area (Å²) in [6, 6.07) is -0.408. The van der Waals surface area contributed by atoms with Crippen molar-refractivity contribution >= 4 is 28.5 Å². The van der Waals surface area contributed by atoms with Gasteiger partial charge in [-0.3, -0.25) is 10.1 Å². The van der Waals surface area contributed by atoms with Crippen molar-refractivity contribution in [2.45, 2.75) is 45.6 Å². The molecule has 8 heteroatoms. The van der Waals surface area contributed by atoms with E-state index in [9.17, 15) is 9.59 Å². The van der Waals surface area contributed by atoms with Crippen LogP contribution in [0.5, 0.6) is 0 Å². The predicted molar refractivity (Wildman–Crippen MR) is 72.4 cm³/mol. The SMILES string of the molecule is CCc1nnc(NC(=O)NC(C)(C)CCC(=O)O)s1. The number of amides is 2. The fourth-order valence-electron chi connectivity index (χ4n) is 1.36. The molecule has 3 N–H and O–H groups in total. The molecule has 0 aromatic carbocycles. The first-order valence-corrected chi connectivity index (χ1v) is 6.77. The monoisotopic (exact) mass is 286 g/mol. The van der Waals surface area contributed by atoms with Crippen LogP contribution in [0.25, 0.3) is 0 Å². The van der Waals surface area contributed by atoms with Gasteiger partial charge in [0, 0.05) is 12.0 Å². The smallest absolute Gasteiger partial charge is 0.321 e. The lowest BCUT2D eigenvalue weighted by atomic mass is 9.99. The van der Waals surface area contributed by atoms with E-state index >= 15 is 0 Å². The number of aliphatic carboxylic acids is 1. The second-order valence-corrected chi connectivity index (χ2v) is 5.77. The van der Waals surface area contributed by atoms with Crippen LogP contribution in [0.3, 0.4) is 0 Å². The number of carboxylic acids is 1. The Morgan fingerprint density at radius 1 is 1.37 bits per heavy atom. The Balaban J connectivity index is 2.47. The molecular weight excluding hydrogens is 268 g/mol. The average Bonchev–Trinajstić information content (AvgIpc) is 2.73. The summed E-state index contributed by atoms with van der Waals surface area (Å²) >= 11 is 1.32. The van der Waals surface area contributed by atoms with Crippen LogP contribution >= 0.6 is 11.3 Å². The maximum atomic E-state index is 11.7. The third-order valence-electron chi connectivity index (χ3n) is 2.41. The number of nitrogens with one attached hydrogen (secondary N) is 2. The molecule has 0 unspecified atom stereocenters. The number of hydrogen-bond acceptors (Lipinski definition) is 5. The van der Waals surface area contributed by atoms with E-state index in [1.807, 2.05) is 6.92 Å². The van der Waals surface area contributed by atoms with Gasteiger partial charge in [-0.1, -0.05) is 18.3 Å². The first kappa shape index (κ1) is 15.4. The molecule has 2 amide bonds. The van der Waals surface area contributed by atoms with Crippen LogP contribution in [0.1, 0.15) is 38.6 Å². The molecule has 0 fully saturated rings. The minimum atomic E-state index is -0.882. The molecule has 0 spiro atoms. The summed E-state index contributed by atoms with van der Waals surface area (Å²) in [5.74, 6) is -0.882. The highest BCUT2D eigenvalue weighted by Crippen LogP contribution is 2.16.